The summed E-state index contributed by atoms with van der Waals surface area (Å²) in [5, 5.41) is 13.4. The molecule has 0 N–H and O–H groups in total. The van der Waals surface area contributed by atoms with Crippen molar-refractivity contribution in [1.29, 1.82) is 0 Å². The molecule has 0 amide bonds. The summed E-state index contributed by atoms with van der Waals surface area (Å²) < 4.78 is 53.7. The van der Waals surface area contributed by atoms with Crippen LogP contribution in [0.1, 0.15) is 49.6 Å². The summed E-state index contributed by atoms with van der Waals surface area (Å²) in [5.74, 6) is -1.24. The van der Waals surface area contributed by atoms with Crippen molar-refractivity contribution in [2.45, 2.75) is 44.6 Å². The fraction of sp³-hybridized carbons (Fsp3) is 0.370. The Balaban J connectivity index is 1.41. The topological polar surface area (TPSA) is 104 Å². The molecule has 2 aliphatic carbocycles. The Morgan fingerprint density at radius 2 is 1.82 bits per heavy atom. The number of fused-ring (bicyclic) bond motifs is 5. The van der Waals surface area contributed by atoms with Gasteiger partial charge in [0.1, 0.15) is 32.9 Å². The highest BCUT2D eigenvalue weighted by Crippen LogP contribution is 2.69. The first-order valence-electron chi connectivity index (χ1n) is 12.4. The van der Waals surface area contributed by atoms with Crippen LogP contribution >= 0.6 is 0 Å². The third-order valence-electron chi connectivity index (χ3n) is 8.27. The van der Waals surface area contributed by atoms with E-state index < -0.39 is 26.9 Å². The maximum atomic E-state index is 14.5. The summed E-state index contributed by atoms with van der Waals surface area (Å²) in [5.41, 5.74) is 2.74. The Labute approximate surface area is 219 Å². The molecule has 196 valence electrons. The molecular weight excluding hydrogens is 510 g/mol. The number of nitrogens with zero attached hydrogens (tertiary/aromatic N) is 6. The number of aromatic nitrogens is 6. The van der Waals surface area contributed by atoms with Gasteiger partial charge in [0.15, 0.2) is 0 Å². The lowest BCUT2D eigenvalue weighted by Gasteiger charge is -2.37. The van der Waals surface area contributed by atoms with Gasteiger partial charge in [-0.2, -0.15) is 10.2 Å². The lowest BCUT2D eigenvalue weighted by atomic mass is 9.66. The fourth-order valence-electron chi connectivity index (χ4n) is 6.33. The van der Waals surface area contributed by atoms with Crippen molar-refractivity contribution < 1.29 is 17.2 Å². The molecule has 0 radical (unpaired) electrons. The molecule has 1 saturated carbocycles. The van der Waals surface area contributed by atoms with Gasteiger partial charge < -0.3 is 0 Å². The van der Waals surface area contributed by atoms with E-state index >= 15 is 0 Å². The SMILES string of the molecule is CC1(C)[C@H]2CC[C@@]1(c1cncc(-c3ccn(CCS(C)(=O)=O)n3)n1)c1nnc(-c3c(F)cccc3F)cc12. The second-order valence-corrected chi connectivity index (χ2v) is 13.0. The molecule has 0 unspecified atom stereocenters. The van der Waals surface area contributed by atoms with Crippen LogP contribution < -0.4 is 0 Å². The van der Waals surface area contributed by atoms with Crippen LogP contribution in [0, 0.1) is 17.0 Å². The molecular formula is C27H26F2N6O2S. The summed E-state index contributed by atoms with van der Waals surface area (Å²) in [7, 11) is -3.11. The third kappa shape index (κ3) is 3.66. The summed E-state index contributed by atoms with van der Waals surface area (Å²) in [6.07, 6.45) is 7.96. The van der Waals surface area contributed by atoms with Gasteiger partial charge in [-0.05, 0) is 54.0 Å². The highest BCUT2D eigenvalue weighted by Gasteiger charge is 2.65. The quantitative estimate of drug-likeness (QED) is 0.361. The predicted molar refractivity (Wildman–Crippen MR) is 137 cm³/mol. The first kappa shape index (κ1) is 24.7. The van der Waals surface area contributed by atoms with Crippen LogP contribution in [0.2, 0.25) is 0 Å². The highest BCUT2D eigenvalue weighted by atomic mass is 32.2. The molecule has 0 saturated heterocycles. The first-order valence-corrected chi connectivity index (χ1v) is 14.4. The molecule has 8 nitrogen and oxygen atoms in total. The minimum Gasteiger partial charge on any atom is -0.271 e. The van der Waals surface area contributed by atoms with Crippen molar-refractivity contribution >= 4 is 9.84 Å². The normalized spacial score (nSPS) is 21.6. The minimum atomic E-state index is -3.11. The highest BCUT2D eigenvalue weighted by molar-refractivity contribution is 7.90. The van der Waals surface area contributed by atoms with Crippen molar-refractivity contribution in [1.82, 2.24) is 29.9 Å². The van der Waals surface area contributed by atoms with Gasteiger partial charge in [0, 0.05) is 18.6 Å². The van der Waals surface area contributed by atoms with Crippen LogP contribution in [0.4, 0.5) is 8.78 Å². The fourth-order valence-corrected chi connectivity index (χ4v) is 6.85. The molecule has 0 spiro atoms. The van der Waals surface area contributed by atoms with Crippen LogP contribution in [0.25, 0.3) is 22.6 Å². The lowest BCUT2D eigenvalue weighted by Crippen LogP contribution is -2.38. The first-order chi connectivity index (χ1) is 18.0. The van der Waals surface area contributed by atoms with E-state index in [9.17, 15) is 17.2 Å². The number of benzene rings is 1. The van der Waals surface area contributed by atoms with E-state index in [1.807, 2.05) is 0 Å². The smallest absolute Gasteiger partial charge is 0.149 e. The molecule has 3 heterocycles. The van der Waals surface area contributed by atoms with Crippen LogP contribution in [0.3, 0.4) is 0 Å². The number of rotatable bonds is 6. The summed E-state index contributed by atoms with van der Waals surface area (Å²) in [6, 6.07) is 7.32. The second kappa shape index (κ2) is 8.45. The lowest BCUT2D eigenvalue weighted by molar-refractivity contribution is 0.242. The van der Waals surface area contributed by atoms with Crippen molar-refractivity contribution in [3.63, 3.8) is 0 Å². The standard InChI is InChI=1S/C27H26F2N6O2S/c1-26(2)17-7-9-27(26,25-16(17)13-21(32-33-25)24-18(28)5-4-6-19(24)29)23-15-30-14-22(31-23)20-8-10-35(34-20)11-12-38(3,36)37/h4-6,8,10,13-15,17H,7,9,11-12H2,1-3H3/t17-,27+/m0/s1. The van der Waals surface area contributed by atoms with E-state index in [-0.39, 0.29) is 34.9 Å². The second-order valence-electron chi connectivity index (χ2n) is 10.7. The molecule has 2 atom stereocenters. The zero-order chi connectivity index (χ0) is 26.9. The van der Waals surface area contributed by atoms with Crippen LogP contribution in [0.5, 0.6) is 0 Å². The Kier molecular flexibility index (Phi) is 5.50. The Morgan fingerprint density at radius 1 is 1.05 bits per heavy atom. The van der Waals surface area contributed by atoms with Gasteiger partial charge in [0.2, 0.25) is 0 Å². The van der Waals surface area contributed by atoms with E-state index in [2.05, 4.69) is 34.1 Å². The maximum absolute atomic E-state index is 14.5. The largest absolute Gasteiger partial charge is 0.271 e. The van der Waals surface area contributed by atoms with Gasteiger partial charge in [-0.3, -0.25) is 9.67 Å². The van der Waals surface area contributed by atoms with Crippen LogP contribution in [-0.2, 0) is 21.8 Å². The molecule has 2 aliphatic rings. The summed E-state index contributed by atoms with van der Waals surface area (Å²) in [6.45, 7) is 4.59. The summed E-state index contributed by atoms with van der Waals surface area (Å²) >= 11 is 0. The molecule has 4 aromatic rings. The average Bonchev–Trinajstić information content (AvgIpc) is 3.50. The van der Waals surface area contributed by atoms with E-state index in [1.165, 1.54) is 24.5 Å². The number of hydrogen-bond donors (Lipinski definition) is 0. The summed E-state index contributed by atoms with van der Waals surface area (Å²) in [4.78, 5) is 9.46. The maximum Gasteiger partial charge on any atom is 0.149 e. The third-order valence-corrected chi connectivity index (χ3v) is 9.19. The number of hydrogen-bond acceptors (Lipinski definition) is 7. The van der Waals surface area contributed by atoms with E-state index in [0.717, 1.165) is 29.8 Å². The number of halogens is 2. The van der Waals surface area contributed by atoms with E-state index in [0.29, 0.717) is 11.4 Å². The van der Waals surface area contributed by atoms with Crippen molar-refractivity contribution in [3.05, 3.63) is 77.5 Å². The van der Waals surface area contributed by atoms with E-state index in [1.54, 1.807) is 35.4 Å². The Hall–Kier alpha value is -3.60. The number of aryl methyl sites for hydroxylation is 1. The van der Waals surface area contributed by atoms with Gasteiger partial charge in [-0.25, -0.2) is 22.2 Å². The van der Waals surface area contributed by atoms with Crippen LogP contribution in [-0.4, -0.2) is 50.4 Å². The average molecular weight is 537 g/mol. The molecule has 3 aromatic heterocycles. The van der Waals surface area contributed by atoms with E-state index in [4.69, 9.17) is 4.98 Å². The molecule has 1 aromatic carbocycles. The van der Waals surface area contributed by atoms with Gasteiger partial charge in [-0.1, -0.05) is 19.9 Å². The van der Waals surface area contributed by atoms with Crippen molar-refractivity contribution in [2.75, 3.05) is 12.0 Å². The van der Waals surface area contributed by atoms with Crippen molar-refractivity contribution in [2.24, 2.45) is 5.41 Å². The van der Waals surface area contributed by atoms with Crippen molar-refractivity contribution in [3.8, 4) is 22.6 Å². The Bertz CT molecular complexity index is 1670. The van der Waals surface area contributed by atoms with Crippen LogP contribution in [0.15, 0.2) is 48.9 Å². The molecule has 11 heteroatoms. The molecule has 6 rings (SSSR count). The van der Waals surface area contributed by atoms with Gasteiger partial charge in [0.25, 0.3) is 0 Å². The van der Waals surface area contributed by atoms with Gasteiger partial charge >= 0.3 is 0 Å². The Morgan fingerprint density at radius 3 is 2.55 bits per heavy atom. The molecule has 0 aliphatic heterocycles. The molecule has 1 fully saturated rings. The monoisotopic (exact) mass is 536 g/mol. The molecule has 2 bridgehead atoms. The van der Waals surface area contributed by atoms with Gasteiger partial charge in [-0.15, -0.1) is 5.10 Å². The zero-order valence-corrected chi connectivity index (χ0v) is 22.0. The predicted octanol–water partition coefficient (Wildman–Crippen LogP) is 4.32. The molecule has 38 heavy (non-hydrogen) atoms. The van der Waals surface area contributed by atoms with Gasteiger partial charge in [0.05, 0.1) is 46.6 Å². The zero-order valence-electron chi connectivity index (χ0n) is 21.2. The number of sulfone groups is 1. The minimum absolute atomic E-state index is 0.00719.